The maximum absolute atomic E-state index is 11.6. The van der Waals surface area contributed by atoms with E-state index in [-0.39, 0.29) is 6.54 Å². The van der Waals surface area contributed by atoms with Crippen LogP contribution in [0, 0.1) is 0 Å². The van der Waals surface area contributed by atoms with Crippen molar-refractivity contribution in [1.29, 1.82) is 0 Å². The first-order chi connectivity index (χ1) is 8.41. The number of aromatic amines is 1. The minimum atomic E-state index is -1.36. The van der Waals surface area contributed by atoms with Crippen LogP contribution >= 0.6 is 0 Å². The lowest BCUT2D eigenvalue weighted by molar-refractivity contribution is 0.00504. The van der Waals surface area contributed by atoms with Crippen LogP contribution in [0.5, 0.6) is 0 Å². The molecule has 1 aromatic rings. The lowest BCUT2D eigenvalue weighted by atomic mass is 10.0. The summed E-state index contributed by atoms with van der Waals surface area (Å²) in [5, 5.41) is 8.84. The van der Waals surface area contributed by atoms with Gasteiger partial charge in [0.05, 0.1) is 12.1 Å². The van der Waals surface area contributed by atoms with E-state index in [0.717, 1.165) is 19.0 Å². The van der Waals surface area contributed by atoms with Gasteiger partial charge >= 0.3 is 11.7 Å². The van der Waals surface area contributed by atoms with Gasteiger partial charge in [0, 0.05) is 12.8 Å². The number of hydrogen-bond donors (Lipinski definition) is 2. The van der Waals surface area contributed by atoms with Crippen LogP contribution in [-0.4, -0.2) is 32.8 Å². The van der Waals surface area contributed by atoms with Crippen molar-refractivity contribution in [2.24, 2.45) is 0 Å². The minimum absolute atomic E-state index is 0.225. The molecule has 1 aliphatic heterocycles. The van der Waals surface area contributed by atoms with E-state index in [1.807, 2.05) is 11.9 Å². The van der Waals surface area contributed by atoms with Crippen LogP contribution in [0.25, 0.3) is 0 Å². The van der Waals surface area contributed by atoms with Gasteiger partial charge < -0.3 is 9.84 Å². The highest BCUT2D eigenvalue weighted by Gasteiger charge is 2.30. The van der Waals surface area contributed by atoms with Crippen molar-refractivity contribution in [3.8, 4) is 0 Å². The molecule has 0 aromatic carbocycles. The van der Waals surface area contributed by atoms with Crippen molar-refractivity contribution in [2.75, 3.05) is 6.61 Å². The number of rotatable bonds is 3. The average molecular weight is 254 g/mol. The van der Waals surface area contributed by atoms with E-state index in [1.165, 1.54) is 4.57 Å². The van der Waals surface area contributed by atoms with Crippen LogP contribution in [0.2, 0.25) is 0 Å². The molecule has 0 saturated carbocycles. The van der Waals surface area contributed by atoms with Crippen molar-refractivity contribution < 1.29 is 14.6 Å². The molecule has 0 amide bonds. The summed E-state index contributed by atoms with van der Waals surface area (Å²) >= 11 is 0. The summed E-state index contributed by atoms with van der Waals surface area (Å²) in [5.74, 6) is -1.36. The first-order valence-corrected chi connectivity index (χ1v) is 5.62. The zero-order chi connectivity index (χ0) is 13.3. The number of nitrogens with zero attached hydrogens (tertiary/aromatic N) is 1. The average Bonchev–Trinajstić information content (AvgIpc) is 2.69. The number of nitrogens with one attached hydrogen (secondary N) is 1. The molecule has 1 atom stereocenters. The number of carboxylic acids is 1. The largest absolute Gasteiger partial charge is 0.477 e. The molecule has 0 bridgehead atoms. The van der Waals surface area contributed by atoms with Crippen LogP contribution in [0.4, 0.5) is 0 Å². The van der Waals surface area contributed by atoms with Crippen molar-refractivity contribution >= 4 is 5.97 Å². The van der Waals surface area contributed by atoms with E-state index >= 15 is 0 Å². The molecule has 7 nitrogen and oxygen atoms in total. The first-order valence-electron chi connectivity index (χ1n) is 5.62. The number of hydrogen-bond acceptors (Lipinski definition) is 4. The zero-order valence-corrected chi connectivity index (χ0v) is 9.93. The Morgan fingerprint density at radius 2 is 2.33 bits per heavy atom. The second-order valence-corrected chi connectivity index (χ2v) is 4.64. The standard InChI is InChI=1S/C11H14N2O5/c1-11(3-2-4-18-11)6-13-5-7(9(15)16)8(14)12-10(13)17/h5H,2-4,6H2,1H3,(H,15,16)(H,12,14,17). The molecule has 2 heterocycles. The molecule has 1 aromatic heterocycles. The highest BCUT2D eigenvalue weighted by atomic mass is 16.5. The van der Waals surface area contributed by atoms with E-state index in [9.17, 15) is 14.4 Å². The molecular formula is C11H14N2O5. The summed E-state index contributed by atoms with van der Waals surface area (Å²) in [6.07, 6.45) is 2.76. The van der Waals surface area contributed by atoms with Gasteiger partial charge in [0.15, 0.2) is 0 Å². The summed E-state index contributed by atoms with van der Waals surface area (Å²) in [6.45, 7) is 2.71. The molecule has 2 rings (SSSR count). The van der Waals surface area contributed by atoms with Gasteiger partial charge in [0.25, 0.3) is 5.56 Å². The normalized spacial score (nSPS) is 23.2. The lowest BCUT2D eigenvalue weighted by Gasteiger charge is -2.23. The van der Waals surface area contributed by atoms with Gasteiger partial charge in [0.1, 0.15) is 5.56 Å². The quantitative estimate of drug-likeness (QED) is 0.778. The molecule has 0 radical (unpaired) electrons. The molecule has 1 fully saturated rings. The van der Waals surface area contributed by atoms with Gasteiger partial charge in [0.2, 0.25) is 0 Å². The molecule has 1 unspecified atom stereocenters. The highest BCUT2D eigenvalue weighted by Crippen LogP contribution is 2.26. The fraction of sp³-hybridized carbons (Fsp3) is 0.545. The summed E-state index contributed by atoms with van der Waals surface area (Å²) in [6, 6.07) is 0. The Bertz CT molecular complexity index is 580. The van der Waals surface area contributed by atoms with Crippen LogP contribution in [0.1, 0.15) is 30.1 Å². The van der Waals surface area contributed by atoms with E-state index < -0.39 is 28.4 Å². The minimum Gasteiger partial charge on any atom is -0.477 e. The Hall–Kier alpha value is -1.89. The third kappa shape index (κ3) is 2.35. The molecule has 98 valence electrons. The summed E-state index contributed by atoms with van der Waals surface area (Å²) in [5.41, 5.74) is -2.45. The van der Waals surface area contributed by atoms with Crippen LogP contribution in [-0.2, 0) is 11.3 Å². The van der Waals surface area contributed by atoms with Crippen molar-refractivity contribution in [2.45, 2.75) is 31.9 Å². The molecular weight excluding hydrogens is 240 g/mol. The van der Waals surface area contributed by atoms with Crippen LogP contribution in [0.15, 0.2) is 15.8 Å². The number of carboxylic acid groups (broad SMARTS) is 1. The fourth-order valence-electron chi connectivity index (χ4n) is 2.10. The summed E-state index contributed by atoms with van der Waals surface area (Å²) in [4.78, 5) is 35.7. The first kappa shape index (κ1) is 12.6. The van der Waals surface area contributed by atoms with Crippen LogP contribution < -0.4 is 11.2 Å². The summed E-state index contributed by atoms with van der Waals surface area (Å²) in [7, 11) is 0. The Balaban J connectivity index is 2.39. The number of H-pyrrole nitrogens is 1. The molecule has 1 aliphatic rings. The van der Waals surface area contributed by atoms with Crippen molar-refractivity contribution in [1.82, 2.24) is 9.55 Å². The van der Waals surface area contributed by atoms with Gasteiger partial charge in [-0.15, -0.1) is 0 Å². The second kappa shape index (κ2) is 4.41. The highest BCUT2D eigenvalue weighted by molar-refractivity contribution is 5.86. The zero-order valence-electron chi connectivity index (χ0n) is 9.93. The lowest BCUT2D eigenvalue weighted by Crippen LogP contribution is -2.39. The van der Waals surface area contributed by atoms with Gasteiger partial charge in [-0.25, -0.2) is 9.59 Å². The van der Waals surface area contributed by atoms with Crippen molar-refractivity contribution in [3.05, 3.63) is 32.6 Å². The van der Waals surface area contributed by atoms with Crippen molar-refractivity contribution in [3.63, 3.8) is 0 Å². The summed E-state index contributed by atoms with van der Waals surface area (Å²) < 4.78 is 6.71. The molecule has 2 N–H and O–H groups in total. The van der Waals surface area contributed by atoms with Gasteiger partial charge in [-0.3, -0.25) is 14.3 Å². The third-order valence-electron chi connectivity index (χ3n) is 3.05. The predicted octanol–water partition coefficient (Wildman–Crippen LogP) is -0.196. The van der Waals surface area contributed by atoms with E-state index in [0.29, 0.717) is 6.61 Å². The maximum atomic E-state index is 11.6. The molecule has 1 saturated heterocycles. The fourth-order valence-corrected chi connectivity index (χ4v) is 2.10. The number of aromatic nitrogens is 2. The Labute approximate surface area is 102 Å². The molecule has 0 aliphatic carbocycles. The smallest absolute Gasteiger partial charge is 0.342 e. The number of aromatic carboxylic acids is 1. The number of carbonyl (C=O) groups is 1. The van der Waals surface area contributed by atoms with E-state index in [4.69, 9.17) is 9.84 Å². The van der Waals surface area contributed by atoms with Gasteiger partial charge in [-0.1, -0.05) is 0 Å². The number of ether oxygens (including phenoxy) is 1. The van der Waals surface area contributed by atoms with Crippen LogP contribution in [0.3, 0.4) is 0 Å². The third-order valence-corrected chi connectivity index (χ3v) is 3.05. The second-order valence-electron chi connectivity index (χ2n) is 4.64. The topological polar surface area (TPSA) is 101 Å². The molecule has 18 heavy (non-hydrogen) atoms. The predicted molar refractivity (Wildman–Crippen MR) is 61.9 cm³/mol. The monoisotopic (exact) mass is 254 g/mol. The molecule has 7 heteroatoms. The van der Waals surface area contributed by atoms with Gasteiger partial charge in [-0.05, 0) is 19.8 Å². The molecule has 0 spiro atoms. The Morgan fingerprint density at radius 1 is 1.61 bits per heavy atom. The van der Waals surface area contributed by atoms with Gasteiger partial charge in [-0.2, -0.15) is 0 Å². The maximum Gasteiger partial charge on any atom is 0.342 e. The SMILES string of the molecule is CC1(Cn2cc(C(=O)O)c(=O)[nH]c2=O)CCCO1. The van der Waals surface area contributed by atoms with E-state index in [2.05, 4.69) is 0 Å². The Kier molecular flexibility index (Phi) is 3.08. The Morgan fingerprint density at radius 3 is 2.89 bits per heavy atom. The van der Waals surface area contributed by atoms with E-state index in [1.54, 1.807) is 0 Å².